The van der Waals surface area contributed by atoms with Gasteiger partial charge in [-0.3, -0.25) is 4.79 Å². The lowest BCUT2D eigenvalue weighted by Gasteiger charge is -2.31. The molecular weight excluding hydrogens is 366 g/mol. The highest BCUT2D eigenvalue weighted by atomic mass is 19.1. The molecule has 0 aliphatic carbocycles. The molecule has 0 unspecified atom stereocenters. The fraction of sp³-hybridized carbons (Fsp3) is 0.250. The Morgan fingerprint density at radius 1 is 1.07 bits per heavy atom. The number of amides is 1. The van der Waals surface area contributed by atoms with Gasteiger partial charge in [0.25, 0.3) is 5.91 Å². The second kappa shape index (κ2) is 7.38. The van der Waals surface area contributed by atoms with Crippen LogP contribution in [0.25, 0.3) is 5.69 Å². The summed E-state index contributed by atoms with van der Waals surface area (Å²) in [6, 6.07) is 12.1. The van der Waals surface area contributed by atoms with Gasteiger partial charge in [-0.2, -0.15) is 5.10 Å². The van der Waals surface area contributed by atoms with E-state index >= 15 is 0 Å². The number of carbonyl (C=O) groups excluding carboxylic acids is 1. The first kappa shape index (κ1) is 18.1. The van der Waals surface area contributed by atoms with Crippen molar-refractivity contribution >= 4 is 5.91 Å². The van der Waals surface area contributed by atoms with E-state index in [1.807, 2.05) is 30.3 Å². The minimum atomic E-state index is -0.737. The van der Waals surface area contributed by atoms with Crippen molar-refractivity contribution in [3.8, 4) is 5.69 Å². The molecule has 6 nitrogen and oxygen atoms in total. The van der Waals surface area contributed by atoms with Crippen molar-refractivity contribution in [2.45, 2.75) is 18.8 Å². The lowest BCUT2D eigenvalue weighted by atomic mass is 9.95. The van der Waals surface area contributed by atoms with Gasteiger partial charge < -0.3 is 4.90 Å². The molecular formula is C20H18F2N4O2. The fourth-order valence-electron chi connectivity index (χ4n) is 3.58. The third kappa shape index (κ3) is 3.33. The Balaban J connectivity index is 1.52. The number of hydrogen-bond acceptors (Lipinski definition) is 3. The molecule has 4 rings (SSSR count). The Morgan fingerprint density at radius 2 is 1.79 bits per heavy atom. The number of H-pyrrole nitrogens is 1. The fourth-order valence-corrected chi connectivity index (χ4v) is 3.58. The normalized spacial score (nSPS) is 15.0. The van der Waals surface area contributed by atoms with Crippen molar-refractivity contribution < 1.29 is 13.6 Å². The van der Waals surface area contributed by atoms with Crippen LogP contribution in [0.5, 0.6) is 0 Å². The maximum Gasteiger partial charge on any atom is 0.347 e. The number of para-hydroxylation sites is 1. The molecule has 1 amide bonds. The van der Waals surface area contributed by atoms with Crippen LogP contribution in [-0.2, 0) is 0 Å². The van der Waals surface area contributed by atoms with E-state index in [-0.39, 0.29) is 17.2 Å². The van der Waals surface area contributed by atoms with Crippen LogP contribution in [0.15, 0.2) is 53.3 Å². The predicted octanol–water partition coefficient (Wildman–Crippen LogP) is 2.86. The highest BCUT2D eigenvalue weighted by Crippen LogP contribution is 2.28. The first-order valence-electron chi connectivity index (χ1n) is 9.01. The van der Waals surface area contributed by atoms with Crippen molar-refractivity contribution in [3.05, 3.63) is 82.0 Å². The minimum Gasteiger partial charge on any atom is -0.339 e. The minimum absolute atomic E-state index is 0.0273. The predicted molar refractivity (Wildman–Crippen MR) is 98.4 cm³/mol. The van der Waals surface area contributed by atoms with E-state index in [9.17, 15) is 18.4 Å². The standard InChI is InChI=1S/C20H18F2N4O2/c21-14-6-7-17(22)16(12-14)19(27)25-10-8-13(9-11-25)18-23-24-20(28)26(18)15-4-2-1-3-5-15/h1-7,12-13H,8-11H2,(H,24,28). The van der Waals surface area contributed by atoms with E-state index in [0.717, 1.165) is 23.9 Å². The summed E-state index contributed by atoms with van der Waals surface area (Å²) >= 11 is 0. The highest BCUT2D eigenvalue weighted by molar-refractivity contribution is 5.94. The van der Waals surface area contributed by atoms with Gasteiger partial charge in [-0.1, -0.05) is 18.2 Å². The molecule has 1 aromatic heterocycles. The van der Waals surface area contributed by atoms with Crippen LogP contribution in [-0.4, -0.2) is 38.7 Å². The zero-order chi connectivity index (χ0) is 19.7. The van der Waals surface area contributed by atoms with Gasteiger partial charge in [0.1, 0.15) is 17.5 Å². The number of rotatable bonds is 3. The van der Waals surface area contributed by atoms with E-state index in [1.54, 1.807) is 0 Å². The highest BCUT2D eigenvalue weighted by Gasteiger charge is 2.29. The number of nitrogens with zero attached hydrogens (tertiary/aromatic N) is 3. The summed E-state index contributed by atoms with van der Waals surface area (Å²) in [6.45, 7) is 0.741. The monoisotopic (exact) mass is 384 g/mol. The molecule has 2 heterocycles. The average molecular weight is 384 g/mol. The number of benzene rings is 2. The molecule has 144 valence electrons. The van der Waals surface area contributed by atoms with Crippen LogP contribution in [0.3, 0.4) is 0 Å². The maximum atomic E-state index is 13.9. The first-order chi connectivity index (χ1) is 13.5. The largest absolute Gasteiger partial charge is 0.347 e. The van der Waals surface area contributed by atoms with Gasteiger partial charge in [0.05, 0.1) is 11.3 Å². The van der Waals surface area contributed by atoms with Crippen molar-refractivity contribution in [3.63, 3.8) is 0 Å². The van der Waals surface area contributed by atoms with Gasteiger partial charge in [0.15, 0.2) is 0 Å². The summed E-state index contributed by atoms with van der Waals surface area (Å²) in [4.78, 5) is 26.3. The summed E-state index contributed by atoms with van der Waals surface area (Å²) < 4.78 is 28.8. The van der Waals surface area contributed by atoms with Gasteiger partial charge >= 0.3 is 5.69 Å². The maximum absolute atomic E-state index is 13.9. The van der Waals surface area contributed by atoms with Gasteiger partial charge in [-0.05, 0) is 43.2 Å². The third-order valence-corrected chi connectivity index (χ3v) is 5.02. The first-order valence-corrected chi connectivity index (χ1v) is 9.01. The molecule has 1 aliphatic heterocycles. The number of piperidine rings is 1. The number of nitrogens with one attached hydrogen (secondary N) is 1. The molecule has 0 spiro atoms. The lowest BCUT2D eigenvalue weighted by Crippen LogP contribution is -2.39. The number of aromatic amines is 1. The average Bonchev–Trinajstić information content (AvgIpc) is 3.11. The molecule has 1 aliphatic rings. The Hall–Kier alpha value is -3.29. The van der Waals surface area contributed by atoms with Crippen LogP contribution in [0.1, 0.15) is 34.9 Å². The van der Waals surface area contributed by atoms with E-state index in [2.05, 4.69) is 10.2 Å². The SMILES string of the molecule is O=C(c1cc(F)ccc1F)N1CCC(c2n[nH]c(=O)n2-c2ccccc2)CC1. The lowest BCUT2D eigenvalue weighted by molar-refractivity contribution is 0.0705. The van der Waals surface area contributed by atoms with Crippen molar-refractivity contribution in [1.82, 2.24) is 19.7 Å². The van der Waals surface area contributed by atoms with Crippen LogP contribution < -0.4 is 5.69 Å². The van der Waals surface area contributed by atoms with Crippen molar-refractivity contribution in [1.29, 1.82) is 0 Å². The van der Waals surface area contributed by atoms with Gasteiger partial charge in [0, 0.05) is 19.0 Å². The Labute approximate surface area is 159 Å². The molecule has 2 aromatic carbocycles. The Morgan fingerprint density at radius 3 is 2.50 bits per heavy atom. The molecule has 0 bridgehead atoms. The van der Waals surface area contributed by atoms with Crippen molar-refractivity contribution in [2.75, 3.05) is 13.1 Å². The smallest absolute Gasteiger partial charge is 0.339 e. The van der Waals surface area contributed by atoms with Crippen molar-refractivity contribution in [2.24, 2.45) is 0 Å². The summed E-state index contributed by atoms with van der Waals surface area (Å²) in [7, 11) is 0. The second-order valence-electron chi connectivity index (χ2n) is 6.75. The molecule has 1 saturated heterocycles. The summed E-state index contributed by atoms with van der Waals surface area (Å²) in [5.74, 6) is -1.33. The summed E-state index contributed by atoms with van der Waals surface area (Å²) in [5, 5.41) is 6.67. The number of hydrogen-bond donors (Lipinski definition) is 1. The van der Waals surface area contributed by atoms with Crippen LogP contribution in [0.2, 0.25) is 0 Å². The number of halogens is 2. The topological polar surface area (TPSA) is 71.0 Å². The number of carbonyl (C=O) groups is 1. The summed E-state index contributed by atoms with van der Waals surface area (Å²) in [5.41, 5.74) is 0.137. The van der Waals surface area contributed by atoms with Gasteiger partial charge in [0.2, 0.25) is 0 Å². The van der Waals surface area contributed by atoms with E-state index in [1.165, 1.54) is 9.47 Å². The summed E-state index contributed by atoms with van der Waals surface area (Å²) in [6.07, 6.45) is 1.14. The zero-order valence-corrected chi connectivity index (χ0v) is 14.9. The van der Waals surface area contributed by atoms with Gasteiger partial charge in [-0.15, -0.1) is 0 Å². The molecule has 8 heteroatoms. The second-order valence-corrected chi connectivity index (χ2v) is 6.75. The van der Waals surface area contributed by atoms with E-state index in [0.29, 0.717) is 31.8 Å². The van der Waals surface area contributed by atoms with Crippen LogP contribution in [0.4, 0.5) is 8.78 Å². The number of likely N-dealkylation sites (tertiary alicyclic amines) is 1. The molecule has 3 aromatic rings. The Bertz CT molecular complexity index is 1050. The quantitative estimate of drug-likeness (QED) is 0.755. The Kier molecular flexibility index (Phi) is 4.77. The number of aromatic nitrogens is 3. The van der Waals surface area contributed by atoms with Crippen LogP contribution in [0, 0.1) is 11.6 Å². The molecule has 0 radical (unpaired) electrons. The van der Waals surface area contributed by atoms with E-state index in [4.69, 9.17) is 0 Å². The van der Waals surface area contributed by atoms with E-state index < -0.39 is 17.5 Å². The zero-order valence-electron chi connectivity index (χ0n) is 14.9. The third-order valence-electron chi connectivity index (χ3n) is 5.02. The molecule has 0 atom stereocenters. The molecule has 1 N–H and O–H groups in total. The van der Waals surface area contributed by atoms with Crippen LogP contribution >= 0.6 is 0 Å². The molecule has 1 fully saturated rings. The molecule has 0 saturated carbocycles. The molecule has 28 heavy (non-hydrogen) atoms. The van der Waals surface area contributed by atoms with Gasteiger partial charge in [-0.25, -0.2) is 23.2 Å².